The summed E-state index contributed by atoms with van der Waals surface area (Å²) in [4.78, 5) is 24.2. The van der Waals surface area contributed by atoms with Crippen LogP contribution in [0.2, 0.25) is 0 Å². The van der Waals surface area contributed by atoms with Gasteiger partial charge < -0.3 is 10.4 Å². The maximum absolute atomic E-state index is 11.6. The standard InChI is InChI=1S/C13H24N2O3/c1-10(2)7-11-5-3-4-6-15(11)9-12(16)14-8-13(17)18/h10-11H,3-9H2,1-2H3,(H,14,16)(H,17,18). The van der Waals surface area contributed by atoms with Crippen molar-refractivity contribution in [3.63, 3.8) is 0 Å². The third-order valence-electron chi connectivity index (χ3n) is 3.28. The third-order valence-corrected chi connectivity index (χ3v) is 3.28. The first-order valence-corrected chi connectivity index (χ1v) is 6.71. The Hall–Kier alpha value is -1.10. The number of hydrogen-bond acceptors (Lipinski definition) is 3. The summed E-state index contributed by atoms with van der Waals surface area (Å²) < 4.78 is 0. The minimum Gasteiger partial charge on any atom is -0.480 e. The summed E-state index contributed by atoms with van der Waals surface area (Å²) >= 11 is 0. The van der Waals surface area contributed by atoms with E-state index in [-0.39, 0.29) is 12.5 Å². The van der Waals surface area contributed by atoms with Crippen molar-refractivity contribution in [3.05, 3.63) is 0 Å². The number of amides is 1. The Labute approximate surface area is 109 Å². The fourth-order valence-electron chi connectivity index (χ4n) is 2.49. The average Bonchev–Trinajstić information content (AvgIpc) is 2.28. The van der Waals surface area contributed by atoms with Gasteiger partial charge in [-0.2, -0.15) is 0 Å². The molecule has 1 rings (SSSR count). The van der Waals surface area contributed by atoms with Gasteiger partial charge in [-0.25, -0.2) is 0 Å². The molecule has 5 nitrogen and oxygen atoms in total. The number of carboxylic acids is 1. The fraction of sp³-hybridized carbons (Fsp3) is 0.846. The van der Waals surface area contributed by atoms with Crippen LogP contribution in [0, 0.1) is 5.92 Å². The number of carbonyl (C=O) groups is 2. The highest BCUT2D eigenvalue weighted by Gasteiger charge is 2.24. The first kappa shape index (κ1) is 15.0. The summed E-state index contributed by atoms with van der Waals surface area (Å²) in [5.74, 6) is -0.563. The Kier molecular flexibility index (Phi) is 6.12. The van der Waals surface area contributed by atoms with Crippen LogP contribution in [0.25, 0.3) is 0 Å². The number of rotatable bonds is 6. The van der Waals surface area contributed by atoms with E-state index in [0.29, 0.717) is 18.5 Å². The molecule has 1 amide bonds. The molecule has 0 spiro atoms. The largest absolute Gasteiger partial charge is 0.480 e. The molecule has 1 aliphatic rings. The van der Waals surface area contributed by atoms with Crippen LogP contribution < -0.4 is 5.32 Å². The molecule has 5 heteroatoms. The zero-order valence-corrected chi connectivity index (χ0v) is 11.3. The van der Waals surface area contributed by atoms with Gasteiger partial charge in [0.1, 0.15) is 6.54 Å². The molecule has 0 radical (unpaired) electrons. The molecular formula is C13H24N2O3. The van der Waals surface area contributed by atoms with E-state index in [9.17, 15) is 9.59 Å². The Morgan fingerprint density at radius 3 is 2.72 bits per heavy atom. The maximum Gasteiger partial charge on any atom is 0.322 e. The number of hydrogen-bond donors (Lipinski definition) is 2. The lowest BCUT2D eigenvalue weighted by Crippen LogP contribution is -2.46. The van der Waals surface area contributed by atoms with E-state index < -0.39 is 5.97 Å². The molecule has 18 heavy (non-hydrogen) atoms. The Morgan fingerprint density at radius 1 is 1.39 bits per heavy atom. The van der Waals surface area contributed by atoms with Crippen LogP contribution in [-0.4, -0.2) is 47.6 Å². The number of aliphatic carboxylic acids is 1. The van der Waals surface area contributed by atoms with Crippen LogP contribution in [-0.2, 0) is 9.59 Å². The molecule has 1 heterocycles. The first-order chi connectivity index (χ1) is 8.49. The SMILES string of the molecule is CC(C)CC1CCCCN1CC(=O)NCC(=O)O. The van der Waals surface area contributed by atoms with Crippen molar-refractivity contribution >= 4 is 11.9 Å². The van der Waals surface area contributed by atoms with Gasteiger partial charge in [0.15, 0.2) is 0 Å². The summed E-state index contributed by atoms with van der Waals surface area (Å²) in [7, 11) is 0. The van der Waals surface area contributed by atoms with Crippen LogP contribution in [0.5, 0.6) is 0 Å². The summed E-state index contributed by atoms with van der Waals surface area (Å²) in [5, 5.41) is 10.9. The van der Waals surface area contributed by atoms with Gasteiger partial charge in [0.25, 0.3) is 0 Å². The molecular weight excluding hydrogens is 232 g/mol. The maximum atomic E-state index is 11.6. The molecule has 0 aromatic rings. The lowest BCUT2D eigenvalue weighted by molar-refractivity contribution is -0.138. The first-order valence-electron chi connectivity index (χ1n) is 6.71. The zero-order valence-electron chi connectivity index (χ0n) is 11.3. The van der Waals surface area contributed by atoms with E-state index in [1.165, 1.54) is 6.42 Å². The van der Waals surface area contributed by atoms with Crippen LogP contribution in [0.15, 0.2) is 0 Å². The lowest BCUT2D eigenvalue weighted by atomic mass is 9.94. The summed E-state index contributed by atoms with van der Waals surface area (Å²) in [5.41, 5.74) is 0. The summed E-state index contributed by atoms with van der Waals surface area (Å²) in [6.45, 7) is 5.36. The van der Waals surface area contributed by atoms with E-state index in [0.717, 1.165) is 25.8 Å². The van der Waals surface area contributed by atoms with Crippen LogP contribution in [0.1, 0.15) is 39.5 Å². The highest BCUT2D eigenvalue weighted by molar-refractivity contribution is 5.82. The second-order valence-corrected chi connectivity index (χ2v) is 5.42. The molecule has 0 aromatic carbocycles. The third kappa shape index (κ3) is 5.49. The van der Waals surface area contributed by atoms with Gasteiger partial charge in [-0.3, -0.25) is 14.5 Å². The van der Waals surface area contributed by atoms with E-state index in [2.05, 4.69) is 24.1 Å². The van der Waals surface area contributed by atoms with E-state index in [1.54, 1.807) is 0 Å². The van der Waals surface area contributed by atoms with Gasteiger partial charge in [-0.05, 0) is 31.7 Å². The van der Waals surface area contributed by atoms with Gasteiger partial charge in [-0.15, -0.1) is 0 Å². The normalized spacial score (nSPS) is 20.9. The van der Waals surface area contributed by atoms with Crippen molar-refractivity contribution in [2.75, 3.05) is 19.6 Å². The van der Waals surface area contributed by atoms with E-state index in [1.807, 2.05) is 0 Å². The predicted molar refractivity (Wildman–Crippen MR) is 69.3 cm³/mol. The van der Waals surface area contributed by atoms with Gasteiger partial charge in [0.05, 0.1) is 6.54 Å². The number of piperidine rings is 1. The molecule has 0 aromatic heterocycles. The highest BCUT2D eigenvalue weighted by atomic mass is 16.4. The van der Waals surface area contributed by atoms with Crippen molar-refractivity contribution in [1.82, 2.24) is 10.2 Å². The lowest BCUT2D eigenvalue weighted by Gasteiger charge is -2.36. The molecule has 1 saturated heterocycles. The van der Waals surface area contributed by atoms with E-state index in [4.69, 9.17) is 5.11 Å². The van der Waals surface area contributed by atoms with Crippen LogP contribution in [0.4, 0.5) is 0 Å². The fourth-order valence-corrected chi connectivity index (χ4v) is 2.49. The second kappa shape index (κ2) is 7.36. The quantitative estimate of drug-likeness (QED) is 0.746. The Morgan fingerprint density at radius 2 is 2.11 bits per heavy atom. The number of nitrogens with zero attached hydrogens (tertiary/aromatic N) is 1. The smallest absolute Gasteiger partial charge is 0.322 e. The molecule has 0 bridgehead atoms. The van der Waals surface area contributed by atoms with Crippen molar-refractivity contribution in [2.45, 2.75) is 45.6 Å². The number of likely N-dealkylation sites (tertiary alicyclic amines) is 1. The van der Waals surface area contributed by atoms with Crippen molar-refractivity contribution in [3.8, 4) is 0 Å². The van der Waals surface area contributed by atoms with E-state index >= 15 is 0 Å². The highest BCUT2D eigenvalue weighted by Crippen LogP contribution is 2.22. The predicted octanol–water partition coefficient (Wildman–Crippen LogP) is 1.09. The average molecular weight is 256 g/mol. The van der Waals surface area contributed by atoms with Crippen LogP contribution >= 0.6 is 0 Å². The number of nitrogens with one attached hydrogen (secondary N) is 1. The van der Waals surface area contributed by atoms with Crippen molar-refractivity contribution < 1.29 is 14.7 Å². The van der Waals surface area contributed by atoms with Crippen LogP contribution in [0.3, 0.4) is 0 Å². The molecule has 1 fully saturated rings. The Bertz CT molecular complexity index is 292. The minimum atomic E-state index is -0.999. The molecule has 0 aliphatic carbocycles. The molecule has 0 saturated carbocycles. The monoisotopic (exact) mass is 256 g/mol. The molecule has 104 valence electrons. The van der Waals surface area contributed by atoms with Gasteiger partial charge in [0, 0.05) is 6.04 Å². The molecule has 1 unspecified atom stereocenters. The van der Waals surface area contributed by atoms with Gasteiger partial charge in [0.2, 0.25) is 5.91 Å². The summed E-state index contributed by atoms with van der Waals surface area (Å²) in [6, 6.07) is 0.467. The summed E-state index contributed by atoms with van der Waals surface area (Å²) in [6.07, 6.45) is 4.60. The number of carbonyl (C=O) groups excluding carboxylic acids is 1. The van der Waals surface area contributed by atoms with Gasteiger partial charge >= 0.3 is 5.97 Å². The van der Waals surface area contributed by atoms with Crippen molar-refractivity contribution in [1.29, 1.82) is 0 Å². The second-order valence-electron chi connectivity index (χ2n) is 5.42. The number of carboxylic acid groups (broad SMARTS) is 1. The Balaban J connectivity index is 2.41. The van der Waals surface area contributed by atoms with Crippen molar-refractivity contribution in [2.24, 2.45) is 5.92 Å². The molecule has 1 aliphatic heterocycles. The topological polar surface area (TPSA) is 69.6 Å². The van der Waals surface area contributed by atoms with Gasteiger partial charge in [-0.1, -0.05) is 20.3 Å². The zero-order chi connectivity index (χ0) is 13.5. The molecule has 2 N–H and O–H groups in total. The molecule has 1 atom stereocenters. The minimum absolute atomic E-state index is 0.187.